The molecule has 2 unspecified atom stereocenters. The zero-order chi connectivity index (χ0) is 18.8. The van der Waals surface area contributed by atoms with Crippen molar-refractivity contribution in [1.82, 2.24) is 19.4 Å². The third-order valence-electron chi connectivity index (χ3n) is 5.44. The molecule has 140 valence electrons. The monoisotopic (exact) mass is 358 g/mol. The van der Waals surface area contributed by atoms with Crippen LogP contribution in [-0.2, 0) is 14.1 Å². The maximum atomic E-state index is 12.7. The Bertz CT molecular complexity index is 944. The van der Waals surface area contributed by atoms with E-state index in [1.807, 2.05) is 0 Å². The van der Waals surface area contributed by atoms with Crippen LogP contribution in [0.2, 0.25) is 0 Å². The van der Waals surface area contributed by atoms with Gasteiger partial charge in [-0.2, -0.15) is 0 Å². The number of aryl methyl sites for hydroxylation is 1. The second-order valence-electron chi connectivity index (χ2n) is 7.19. The third-order valence-corrected chi connectivity index (χ3v) is 5.44. The topological polar surface area (TPSA) is 86.0 Å². The number of carbonyl (C=O) groups is 1. The number of rotatable bonds is 5. The summed E-state index contributed by atoms with van der Waals surface area (Å²) in [7, 11) is 2.98. The Balaban J connectivity index is 1.87. The Morgan fingerprint density at radius 3 is 2.73 bits per heavy atom. The molecule has 7 nitrogen and oxygen atoms in total. The van der Waals surface area contributed by atoms with E-state index >= 15 is 0 Å². The maximum absolute atomic E-state index is 12.7. The quantitative estimate of drug-likeness (QED) is 0.882. The Morgan fingerprint density at radius 1 is 1.23 bits per heavy atom. The molecule has 7 heteroatoms. The van der Waals surface area contributed by atoms with Crippen LogP contribution in [0.3, 0.4) is 0 Å². The lowest BCUT2D eigenvalue weighted by Crippen LogP contribution is -2.39. The van der Waals surface area contributed by atoms with E-state index in [2.05, 4.69) is 17.2 Å². The van der Waals surface area contributed by atoms with Crippen LogP contribution in [0.25, 0.3) is 11.0 Å². The number of hydrogen-bond donors (Lipinski definition) is 1. The molecular weight excluding hydrogens is 332 g/mol. The van der Waals surface area contributed by atoms with Crippen LogP contribution >= 0.6 is 0 Å². The molecule has 1 fully saturated rings. The first-order valence-electron chi connectivity index (χ1n) is 9.31. The van der Waals surface area contributed by atoms with Gasteiger partial charge in [-0.05, 0) is 37.3 Å². The molecule has 0 aliphatic heterocycles. The van der Waals surface area contributed by atoms with E-state index < -0.39 is 11.2 Å². The number of amides is 1. The molecule has 2 atom stereocenters. The molecule has 3 rings (SSSR count). The minimum atomic E-state index is -0.456. The maximum Gasteiger partial charge on any atom is 0.332 e. The molecule has 1 aliphatic carbocycles. The van der Waals surface area contributed by atoms with Crippen molar-refractivity contribution in [3.63, 3.8) is 0 Å². The molecular formula is C19H26N4O3. The molecule has 0 aromatic carbocycles. The molecule has 2 aromatic heterocycles. The lowest BCUT2D eigenvalue weighted by atomic mass is 9.96. The Kier molecular flexibility index (Phi) is 5.25. The highest BCUT2D eigenvalue weighted by atomic mass is 16.2. The molecule has 1 N–H and O–H groups in total. The number of aromatic nitrogens is 3. The van der Waals surface area contributed by atoms with Gasteiger partial charge in [0.25, 0.3) is 11.5 Å². The van der Waals surface area contributed by atoms with Crippen LogP contribution in [0.5, 0.6) is 0 Å². The molecule has 0 saturated heterocycles. The van der Waals surface area contributed by atoms with Crippen LogP contribution in [0.1, 0.15) is 55.9 Å². The highest BCUT2D eigenvalue weighted by molar-refractivity contribution is 5.94. The summed E-state index contributed by atoms with van der Waals surface area (Å²) in [6.07, 6.45) is 6.75. The van der Waals surface area contributed by atoms with Crippen molar-refractivity contribution in [3.05, 3.63) is 38.7 Å². The van der Waals surface area contributed by atoms with Crippen molar-refractivity contribution >= 4 is 16.9 Å². The predicted molar refractivity (Wildman–Crippen MR) is 100 cm³/mol. The van der Waals surface area contributed by atoms with Crippen LogP contribution in [0.4, 0.5) is 0 Å². The SMILES string of the molecule is CCCCC1CCCC1NC(=O)c1ccc2c(=O)n(C)c(=O)n(C)c2n1. The average molecular weight is 358 g/mol. The number of hydrogen-bond acceptors (Lipinski definition) is 4. The van der Waals surface area contributed by atoms with Gasteiger partial charge in [0.15, 0.2) is 0 Å². The van der Waals surface area contributed by atoms with E-state index in [0.29, 0.717) is 11.3 Å². The number of nitrogens with one attached hydrogen (secondary N) is 1. The Morgan fingerprint density at radius 2 is 2.00 bits per heavy atom. The summed E-state index contributed by atoms with van der Waals surface area (Å²) in [5.41, 5.74) is -0.387. The van der Waals surface area contributed by atoms with E-state index in [1.165, 1.54) is 18.0 Å². The Hall–Kier alpha value is -2.44. The van der Waals surface area contributed by atoms with Gasteiger partial charge in [-0.25, -0.2) is 9.78 Å². The summed E-state index contributed by atoms with van der Waals surface area (Å²) in [5, 5.41) is 3.43. The van der Waals surface area contributed by atoms with Crippen molar-refractivity contribution in [2.45, 2.75) is 51.5 Å². The molecule has 26 heavy (non-hydrogen) atoms. The van der Waals surface area contributed by atoms with Gasteiger partial charge in [-0.1, -0.05) is 26.2 Å². The van der Waals surface area contributed by atoms with Gasteiger partial charge in [0.2, 0.25) is 0 Å². The van der Waals surface area contributed by atoms with Crippen LogP contribution in [-0.4, -0.2) is 26.1 Å². The number of nitrogens with zero attached hydrogens (tertiary/aromatic N) is 3. The van der Waals surface area contributed by atoms with Gasteiger partial charge < -0.3 is 5.32 Å². The molecule has 0 spiro atoms. The van der Waals surface area contributed by atoms with E-state index in [9.17, 15) is 14.4 Å². The minimum Gasteiger partial charge on any atom is -0.348 e. The average Bonchev–Trinajstić information content (AvgIpc) is 3.09. The minimum absolute atomic E-state index is 0.180. The zero-order valence-corrected chi connectivity index (χ0v) is 15.6. The predicted octanol–water partition coefficient (Wildman–Crippen LogP) is 1.72. The summed E-state index contributed by atoms with van der Waals surface area (Å²) < 4.78 is 2.34. The smallest absolute Gasteiger partial charge is 0.332 e. The molecule has 2 aromatic rings. The largest absolute Gasteiger partial charge is 0.348 e. The van der Waals surface area contributed by atoms with Gasteiger partial charge in [0, 0.05) is 20.1 Å². The molecule has 0 bridgehead atoms. The summed E-state index contributed by atoms with van der Waals surface area (Å²) in [5.74, 6) is 0.282. The zero-order valence-electron chi connectivity index (χ0n) is 15.6. The second kappa shape index (κ2) is 7.43. The first kappa shape index (κ1) is 18.4. The fourth-order valence-electron chi connectivity index (χ4n) is 3.86. The van der Waals surface area contributed by atoms with Crippen molar-refractivity contribution in [2.24, 2.45) is 20.0 Å². The van der Waals surface area contributed by atoms with E-state index in [1.54, 1.807) is 19.2 Å². The Labute approximate surface area is 152 Å². The molecule has 1 aliphatic rings. The summed E-state index contributed by atoms with van der Waals surface area (Å²) >= 11 is 0. The number of fused-ring (bicyclic) bond motifs is 1. The van der Waals surface area contributed by atoms with Gasteiger partial charge in [0.1, 0.15) is 11.3 Å². The lowest BCUT2D eigenvalue weighted by Gasteiger charge is -2.20. The van der Waals surface area contributed by atoms with Crippen LogP contribution < -0.4 is 16.6 Å². The fraction of sp³-hybridized carbons (Fsp3) is 0.579. The number of carbonyl (C=O) groups excluding carboxylic acids is 1. The van der Waals surface area contributed by atoms with E-state index in [0.717, 1.165) is 36.7 Å². The molecule has 1 amide bonds. The molecule has 2 heterocycles. The normalized spacial score (nSPS) is 19.8. The van der Waals surface area contributed by atoms with Crippen molar-refractivity contribution in [3.8, 4) is 0 Å². The van der Waals surface area contributed by atoms with Crippen molar-refractivity contribution in [2.75, 3.05) is 0 Å². The van der Waals surface area contributed by atoms with E-state index in [4.69, 9.17) is 0 Å². The van der Waals surface area contributed by atoms with E-state index in [-0.39, 0.29) is 23.3 Å². The first-order valence-corrected chi connectivity index (χ1v) is 9.31. The van der Waals surface area contributed by atoms with Crippen LogP contribution in [0.15, 0.2) is 21.7 Å². The molecule has 1 saturated carbocycles. The third kappa shape index (κ3) is 3.30. The number of pyridine rings is 1. The second-order valence-corrected chi connectivity index (χ2v) is 7.19. The van der Waals surface area contributed by atoms with Crippen LogP contribution in [0, 0.1) is 5.92 Å². The van der Waals surface area contributed by atoms with Gasteiger partial charge in [-0.3, -0.25) is 18.7 Å². The van der Waals surface area contributed by atoms with Crippen molar-refractivity contribution in [1.29, 1.82) is 0 Å². The van der Waals surface area contributed by atoms with Crippen molar-refractivity contribution < 1.29 is 4.79 Å². The highest BCUT2D eigenvalue weighted by Crippen LogP contribution is 2.30. The van der Waals surface area contributed by atoms with Gasteiger partial charge in [0.05, 0.1) is 5.39 Å². The summed E-state index contributed by atoms with van der Waals surface area (Å²) in [4.78, 5) is 41.3. The lowest BCUT2D eigenvalue weighted by molar-refractivity contribution is 0.0921. The fourth-order valence-corrected chi connectivity index (χ4v) is 3.86. The molecule has 0 radical (unpaired) electrons. The summed E-state index contributed by atoms with van der Waals surface area (Å²) in [6, 6.07) is 3.31. The van der Waals surface area contributed by atoms with Gasteiger partial charge >= 0.3 is 5.69 Å². The highest BCUT2D eigenvalue weighted by Gasteiger charge is 2.28. The standard InChI is InChI=1S/C19H26N4O3/c1-4-5-7-12-8-6-9-14(12)21-17(24)15-11-10-13-16(20-15)22(2)19(26)23(3)18(13)25/h10-12,14H,4-9H2,1-3H3,(H,21,24). The number of unbranched alkanes of at least 4 members (excludes halogenated alkanes) is 1. The first-order chi connectivity index (χ1) is 12.4. The van der Waals surface area contributed by atoms with Gasteiger partial charge in [-0.15, -0.1) is 0 Å². The summed E-state index contributed by atoms with van der Waals surface area (Å²) in [6.45, 7) is 2.18.